The minimum absolute atomic E-state index is 0.0226. The average Bonchev–Trinajstić information content (AvgIpc) is 3.45. The molecule has 9 heteroatoms. The van der Waals surface area contributed by atoms with Gasteiger partial charge >= 0.3 is 12.3 Å². The standard InChI is InChI=1S/C27H28ClF3N2O3/c1-18-23(20-10-12-21(28)13-11-20)25(36-26(34)32(2)15-14-22-9-6-16-35-22)33(24(18)27(29,30)31)17-19-7-4-3-5-8-19/h3-5,7-8,10-13,22H,6,9,14-17H2,1-2H3. The first-order valence-corrected chi connectivity index (χ1v) is 12.2. The molecule has 1 aliphatic heterocycles. The zero-order valence-corrected chi connectivity index (χ0v) is 20.9. The van der Waals surface area contributed by atoms with Crippen molar-refractivity contribution in [3.8, 4) is 17.0 Å². The lowest BCUT2D eigenvalue weighted by Crippen LogP contribution is -2.33. The Morgan fingerprint density at radius 2 is 1.86 bits per heavy atom. The Bertz CT molecular complexity index is 1190. The summed E-state index contributed by atoms with van der Waals surface area (Å²) in [6, 6.07) is 15.2. The summed E-state index contributed by atoms with van der Waals surface area (Å²) in [5, 5.41) is 0.448. The number of alkyl halides is 3. The second kappa shape index (κ2) is 11.0. The summed E-state index contributed by atoms with van der Waals surface area (Å²) in [6.07, 6.45) is -2.79. The number of nitrogens with zero attached hydrogens (tertiary/aromatic N) is 2. The summed E-state index contributed by atoms with van der Waals surface area (Å²) in [5.41, 5.74) is 0.436. The molecule has 192 valence electrons. The van der Waals surface area contributed by atoms with Gasteiger partial charge in [-0.2, -0.15) is 13.2 Å². The van der Waals surface area contributed by atoms with Crippen molar-refractivity contribution in [1.29, 1.82) is 0 Å². The number of benzene rings is 2. The van der Waals surface area contributed by atoms with Crippen LogP contribution >= 0.6 is 11.6 Å². The van der Waals surface area contributed by atoms with Gasteiger partial charge in [0.15, 0.2) is 0 Å². The van der Waals surface area contributed by atoms with Gasteiger partial charge in [-0.25, -0.2) is 4.79 Å². The highest BCUT2D eigenvalue weighted by Gasteiger charge is 2.41. The molecule has 1 aromatic heterocycles. The Kier molecular flexibility index (Phi) is 7.95. The summed E-state index contributed by atoms with van der Waals surface area (Å²) in [6.45, 7) is 2.35. The maximum atomic E-state index is 14.4. The van der Waals surface area contributed by atoms with E-state index in [1.165, 1.54) is 11.8 Å². The molecule has 5 nitrogen and oxygen atoms in total. The normalized spacial score (nSPS) is 15.8. The van der Waals surface area contributed by atoms with Gasteiger partial charge in [0, 0.05) is 30.8 Å². The molecule has 0 aliphatic carbocycles. The van der Waals surface area contributed by atoms with E-state index in [4.69, 9.17) is 21.1 Å². The smallest absolute Gasteiger partial charge is 0.392 e. The molecule has 0 bridgehead atoms. The lowest BCUT2D eigenvalue weighted by atomic mass is 10.0. The van der Waals surface area contributed by atoms with Crippen molar-refractivity contribution < 1.29 is 27.4 Å². The molecule has 1 atom stereocenters. The van der Waals surface area contributed by atoms with Crippen LogP contribution in [-0.2, 0) is 17.5 Å². The monoisotopic (exact) mass is 520 g/mol. The van der Waals surface area contributed by atoms with Crippen LogP contribution in [0.4, 0.5) is 18.0 Å². The molecular formula is C27H28ClF3N2O3. The van der Waals surface area contributed by atoms with Gasteiger partial charge in [0.1, 0.15) is 5.69 Å². The van der Waals surface area contributed by atoms with Crippen LogP contribution in [0.15, 0.2) is 54.6 Å². The van der Waals surface area contributed by atoms with Crippen molar-refractivity contribution in [3.63, 3.8) is 0 Å². The quantitative estimate of drug-likeness (QED) is 0.331. The minimum atomic E-state index is -4.67. The Hall–Kier alpha value is -2.97. The molecule has 3 aromatic rings. The zero-order valence-electron chi connectivity index (χ0n) is 20.1. The predicted molar refractivity (Wildman–Crippen MR) is 132 cm³/mol. The molecule has 2 aromatic carbocycles. The van der Waals surface area contributed by atoms with Crippen molar-refractivity contribution in [2.45, 2.75) is 45.0 Å². The first-order chi connectivity index (χ1) is 17.1. The number of ether oxygens (including phenoxy) is 2. The maximum absolute atomic E-state index is 14.4. The van der Waals surface area contributed by atoms with Crippen LogP contribution < -0.4 is 4.74 Å². The fourth-order valence-corrected chi connectivity index (χ4v) is 4.65. The number of hydrogen-bond acceptors (Lipinski definition) is 3. The first-order valence-electron chi connectivity index (χ1n) is 11.8. The summed E-state index contributed by atoms with van der Waals surface area (Å²) >= 11 is 6.02. The molecule has 1 saturated heterocycles. The van der Waals surface area contributed by atoms with Gasteiger partial charge in [0.25, 0.3) is 0 Å². The Labute approximate surface area is 213 Å². The van der Waals surface area contributed by atoms with Crippen molar-refractivity contribution in [1.82, 2.24) is 9.47 Å². The van der Waals surface area contributed by atoms with Crippen LogP contribution in [0.5, 0.6) is 5.88 Å². The lowest BCUT2D eigenvalue weighted by molar-refractivity contribution is -0.144. The average molecular weight is 521 g/mol. The highest BCUT2D eigenvalue weighted by atomic mass is 35.5. The van der Waals surface area contributed by atoms with Crippen molar-refractivity contribution in [2.75, 3.05) is 20.2 Å². The van der Waals surface area contributed by atoms with Gasteiger partial charge in [-0.15, -0.1) is 0 Å². The number of carbonyl (C=O) groups excluding carboxylic acids is 1. The third-order valence-electron chi connectivity index (χ3n) is 6.35. The summed E-state index contributed by atoms with van der Waals surface area (Å²) in [4.78, 5) is 14.4. The highest BCUT2D eigenvalue weighted by Crippen LogP contribution is 2.45. The lowest BCUT2D eigenvalue weighted by Gasteiger charge is -2.21. The molecule has 0 saturated carbocycles. The van der Waals surface area contributed by atoms with Crippen molar-refractivity contribution >= 4 is 17.7 Å². The highest BCUT2D eigenvalue weighted by molar-refractivity contribution is 6.30. The van der Waals surface area contributed by atoms with Crippen LogP contribution in [-0.4, -0.2) is 41.9 Å². The van der Waals surface area contributed by atoms with E-state index in [0.717, 1.165) is 17.4 Å². The second-order valence-electron chi connectivity index (χ2n) is 8.94. The van der Waals surface area contributed by atoms with Gasteiger partial charge in [0.2, 0.25) is 5.88 Å². The summed E-state index contributed by atoms with van der Waals surface area (Å²) in [7, 11) is 1.57. The number of halogens is 4. The van der Waals surface area contributed by atoms with Crippen LogP contribution in [0.2, 0.25) is 5.02 Å². The van der Waals surface area contributed by atoms with E-state index in [0.29, 0.717) is 35.7 Å². The van der Waals surface area contributed by atoms with Gasteiger partial charge in [-0.3, -0.25) is 0 Å². The van der Waals surface area contributed by atoms with Crippen molar-refractivity contribution in [3.05, 3.63) is 76.4 Å². The van der Waals surface area contributed by atoms with E-state index in [2.05, 4.69) is 0 Å². The molecule has 1 amide bonds. The van der Waals surface area contributed by atoms with Gasteiger partial charge in [-0.05, 0) is 55.0 Å². The largest absolute Gasteiger partial charge is 0.431 e. The fraction of sp³-hybridized carbons (Fsp3) is 0.370. The molecule has 4 rings (SSSR count). The molecule has 1 aliphatic rings. The summed E-state index contributed by atoms with van der Waals surface area (Å²) < 4.78 is 55.5. The molecular weight excluding hydrogens is 493 g/mol. The number of aromatic nitrogens is 1. The number of hydrogen-bond donors (Lipinski definition) is 0. The molecule has 0 N–H and O–H groups in total. The summed E-state index contributed by atoms with van der Waals surface area (Å²) in [5.74, 6) is -0.153. The maximum Gasteiger partial charge on any atom is 0.431 e. The molecule has 36 heavy (non-hydrogen) atoms. The number of amides is 1. The fourth-order valence-electron chi connectivity index (χ4n) is 4.52. The Morgan fingerprint density at radius 1 is 1.17 bits per heavy atom. The van der Waals surface area contributed by atoms with Crippen LogP contribution in [0, 0.1) is 6.92 Å². The molecule has 1 unspecified atom stereocenters. The van der Waals surface area contributed by atoms with Crippen LogP contribution in [0.3, 0.4) is 0 Å². The third kappa shape index (κ3) is 5.87. The number of rotatable bonds is 7. The molecule has 0 radical (unpaired) electrons. The minimum Gasteiger partial charge on any atom is -0.392 e. The first kappa shape index (κ1) is 26.1. The van der Waals surface area contributed by atoms with E-state index in [9.17, 15) is 18.0 Å². The van der Waals surface area contributed by atoms with Gasteiger partial charge in [0.05, 0.1) is 12.6 Å². The predicted octanol–water partition coefficient (Wildman–Crippen LogP) is 7.18. The van der Waals surface area contributed by atoms with Gasteiger partial charge < -0.3 is 18.9 Å². The van der Waals surface area contributed by atoms with Gasteiger partial charge in [-0.1, -0.05) is 54.1 Å². The van der Waals surface area contributed by atoms with E-state index in [1.807, 2.05) is 0 Å². The molecule has 1 fully saturated rings. The third-order valence-corrected chi connectivity index (χ3v) is 6.60. The molecule has 0 spiro atoms. The SMILES string of the molecule is Cc1c(-c2ccc(Cl)cc2)c(OC(=O)N(C)CCC2CCCO2)n(Cc2ccccc2)c1C(F)(F)F. The second-order valence-corrected chi connectivity index (χ2v) is 9.38. The zero-order chi connectivity index (χ0) is 25.9. The van der Waals surface area contributed by atoms with E-state index < -0.39 is 18.0 Å². The van der Waals surface area contributed by atoms with Crippen molar-refractivity contribution in [2.24, 2.45) is 0 Å². The van der Waals surface area contributed by atoms with E-state index in [1.54, 1.807) is 61.6 Å². The van der Waals surface area contributed by atoms with E-state index in [-0.39, 0.29) is 29.7 Å². The molecule has 2 heterocycles. The van der Waals surface area contributed by atoms with Crippen LogP contribution in [0.1, 0.15) is 36.1 Å². The van der Waals surface area contributed by atoms with Crippen LogP contribution in [0.25, 0.3) is 11.1 Å². The number of carbonyl (C=O) groups is 1. The van der Waals surface area contributed by atoms with E-state index >= 15 is 0 Å². The topological polar surface area (TPSA) is 43.7 Å². The Morgan fingerprint density at radius 3 is 2.47 bits per heavy atom. The Balaban J connectivity index is 1.76.